The SMILES string of the molecule is COC(=O)c1cccc(-c2ccc(C=NNC(=O)Cc3ccccc3[N+](=O)[O-])o2)c1C. The maximum absolute atomic E-state index is 12.1. The van der Waals surface area contributed by atoms with Crippen molar-refractivity contribution in [1.29, 1.82) is 0 Å². The number of carbonyl (C=O) groups is 2. The lowest BCUT2D eigenvalue weighted by Crippen LogP contribution is -2.20. The number of hydrazone groups is 1. The van der Waals surface area contributed by atoms with E-state index in [9.17, 15) is 19.7 Å². The molecule has 9 nitrogen and oxygen atoms in total. The molecule has 1 N–H and O–H groups in total. The molecule has 9 heteroatoms. The van der Waals surface area contributed by atoms with Crippen LogP contribution in [0, 0.1) is 17.0 Å². The van der Waals surface area contributed by atoms with Crippen molar-refractivity contribution < 1.29 is 23.7 Å². The van der Waals surface area contributed by atoms with Crippen molar-refractivity contribution in [3.8, 4) is 11.3 Å². The van der Waals surface area contributed by atoms with Crippen LogP contribution in [0.1, 0.15) is 27.2 Å². The van der Waals surface area contributed by atoms with Gasteiger partial charge in [-0.15, -0.1) is 0 Å². The summed E-state index contributed by atoms with van der Waals surface area (Å²) in [6, 6.07) is 14.6. The molecular formula is C22H19N3O6. The van der Waals surface area contributed by atoms with Gasteiger partial charge in [-0.1, -0.05) is 30.3 Å². The third kappa shape index (κ3) is 5.02. The van der Waals surface area contributed by atoms with E-state index in [1.165, 1.54) is 31.5 Å². The number of esters is 1. The van der Waals surface area contributed by atoms with Crippen molar-refractivity contribution in [2.45, 2.75) is 13.3 Å². The predicted octanol–water partition coefficient (Wildman–Crippen LogP) is 3.64. The van der Waals surface area contributed by atoms with Gasteiger partial charge in [-0.3, -0.25) is 14.9 Å². The third-order valence-electron chi connectivity index (χ3n) is 4.55. The van der Waals surface area contributed by atoms with Gasteiger partial charge in [0.25, 0.3) is 5.69 Å². The fraction of sp³-hybridized carbons (Fsp3) is 0.136. The number of benzene rings is 2. The van der Waals surface area contributed by atoms with E-state index >= 15 is 0 Å². The van der Waals surface area contributed by atoms with Crippen molar-refractivity contribution in [1.82, 2.24) is 5.43 Å². The summed E-state index contributed by atoms with van der Waals surface area (Å²) in [5.41, 5.74) is 4.37. The minimum atomic E-state index is -0.534. The Morgan fingerprint density at radius 3 is 2.68 bits per heavy atom. The molecule has 1 aromatic heterocycles. The molecule has 3 rings (SSSR count). The first-order valence-electron chi connectivity index (χ1n) is 9.23. The van der Waals surface area contributed by atoms with E-state index in [1.54, 1.807) is 37.3 Å². The Balaban J connectivity index is 1.67. The first-order chi connectivity index (χ1) is 14.9. The summed E-state index contributed by atoms with van der Waals surface area (Å²) in [4.78, 5) is 34.4. The fourth-order valence-electron chi connectivity index (χ4n) is 3.02. The maximum atomic E-state index is 12.1. The predicted molar refractivity (Wildman–Crippen MR) is 113 cm³/mol. The zero-order valence-electron chi connectivity index (χ0n) is 16.8. The lowest BCUT2D eigenvalue weighted by Gasteiger charge is -2.07. The molecule has 0 aliphatic carbocycles. The van der Waals surface area contributed by atoms with E-state index in [0.29, 0.717) is 28.2 Å². The van der Waals surface area contributed by atoms with Crippen LogP contribution in [0.2, 0.25) is 0 Å². The Kier molecular flexibility index (Phi) is 6.56. The van der Waals surface area contributed by atoms with Crippen molar-refractivity contribution >= 4 is 23.8 Å². The summed E-state index contributed by atoms with van der Waals surface area (Å²) in [7, 11) is 1.32. The van der Waals surface area contributed by atoms with Crippen LogP contribution < -0.4 is 5.43 Å². The van der Waals surface area contributed by atoms with Crippen LogP contribution in [0.4, 0.5) is 5.69 Å². The van der Waals surface area contributed by atoms with Gasteiger partial charge >= 0.3 is 5.97 Å². The number of nitro benzene ring substituents is 1. The number of rotatable bonds is 7. The van der Waals surface area contributed by atoms with E-state index in [1.807, 2.05) is 6.07 Å². The number of methoxy groups -OCH3 is 1. The molecule has 3 aromatic rings. The first kappa shape index (κ1) is 21.4. The molecule has 2 aromatic carbocycles. The number of para-hydroxylation sites is 1. The molecule has 0 saturated heterocycles. The molecule has 0 spiro atoms. The molecular weight excluding hydrogens is 402 g/mol. The van der Waals surface area contributed by atoms with Crippen molar-refractivity contribution in [3.05, 3.63) is 87.2 Å². The summed E-state index contributed by atoms with van der Waals surface area (Å²) < 4.78 is 10.5. The van der Waals surface area contributed by atoms with Gasteiger partial charge < -0.3 is 9.15 Å². The fourth-order valence-corrected chi connectivity index (χ4v) is 3.02. The van der Waals surface area contributed by atoms with Gasteiger partial charge in [0.15, 0.2) is 0 Å². The van der Waals surface area contributed by atoms with Gasteiger partial charge in [0.1, 0.15) is 11.5 Å². The van der Waals surface area contributed by atoms with Crippen LogP contribution in [-0.2, 0) is 16.0 Å². The lowest BCUT2D eigenvalue weighted by atomic mass is 10.0. The highest BCUT2D eigenvalue weighted by Crippen LogP contribution is 2.27. The van der Waals surface area contributed by atoms with E-state index < -0.39 is 16.8 Å². The average Bonchev–Trinajstić information content (AvgIpc) is 3.22. The lowest BCUT2D eigenvalue weighted by molar-refractivity contribution is -0.385. The number of hydrogen-bond donors (Lipinski definition) is 1. The molecule has 0 bridgehead atoms. The van der Waals surface area contributed by atoms with Crippen LogP contribution in [-0.4, -0.2) is 30.1 Å². The molecule has 0 unspecified atom stereocenters. The van der Waals surface area contributed by atoms with Crippen molar-refractivity contribution in [2.24, 2.45) is 5.10 Å². The van der Waals surface area contributed by atoms with Gasteiger partial charge in [0.2, 0.25) is 5.91 Å². The minimum Gasteiger partial charge on any atom is -0.465 e. The second-order valence-electron chi connectivity index (χ2n) is 6.53. The highest BCUT2D eigenvalue weighted by atomic mass is 16.6. The molecule has 1 amide bonds. The molecule has 1 heterocycles. The molecule has 0 saturated carbocycles. The van der Waals surface area contributed by atoms with E-state index in [4.69, 9.17) is 9.15 Å². The van der Waals surface area contributed by atoms with Crippen molar-refractivity contribution in [3.63, 3.8) is 0 Å². The minimum absolute atomic E-state index is 0.123. The largest absolute Gasteiger partial charge is 0.465 e. The van der Waals surface area contributed by atoms with Crippen LogP contribution >= 0.6 is 0 Å². The van der Waals surface area contributed by atoms with Crippen LogP contribution in [0.5, 0.6) is 0 Å². The number of carbonyl (C=O) groups excluding carboxylic acids is 2. The summed E-state index contributed by atoms with van der Waals surface area (Å²) in [6.45, 7) is 1.79. The summed E-state index contributed by atoms with van der Waals surface area (Å²) in [5.74, 6) is -0.0344. The van der Waals surface area contributed by atoms with Gasteiger partial charge in [0.05, 0.1) is 30.2 Å². The van der Waals surface area contributed by atoms with E-state index in [2.05, 4.69) is 10.5 Å². The zero-order valence-corrected chi connectivity index (χ0v) is 16.8. The van der Waals surface area contributed by atoms with Gasteiger partial charge in [0, 0.05) is 17.2 Å². The number of ether oxygens (including phenoxy) is 1. The smallest absolute Gasteiger partial charge is 0.338 e. The Bertz CT molecular complexity index is 1170. The number of nitrogens with one attached hydrogen (secondary N) is 1. The molecule has 0 aliphatic rings. The number of amides is 1. The first-order valence-corrected chi connectivity index (χ1v) is 9.23. The number of hydrogen-bond acceptors (Lipinski definition) is 7. The molecule has 0 fully saturated rings. The standard InChI is InChI=1S/C22H19N3O6/c1-14-17(7-5-8-18(14)22(27)30-2)20-11-10-16(31-20)13-23-24-21(26)12-15-6-3-4-9-19(15)25(28)29/h3-11,13H,12H2,1-2H3,(H,24,26). The Morgan fingerprint density at radius 2 is 1.94 bits per heavy atom. The van der Waals surface area contributed by atoms with Crippen LogP contribution in [0.15, 0.2) is 64.1 Å². The maximum Gasteiger partial charge on any atom is 0.338 e. The van der Waals surface area contributed by atoms with Crippen LogP contribution in [0.3, 0.4) is 0 Å². The average molecular weight is 421 g/mol. The van der Waals surface area contributed by atoms with E-state index in [-0.39, 0.29) is 12.1 Å². The molecule has 0 atom stereocenters. The second kappa shape index (κ2) is 9.49. The van der Waals surface area contributed by atoms with E-state index in [0.717, 1.165) is 5.56 Å². The topological polar surface area (TPSA) is 124 Å². The monoisotopic (exact) mass is 421 g/mol. The Morgan fingerprint density at radius 1 is 1.16 bits per heavy atom. The second-order valence-corrected chi connectivity index (χ2v) is 6.53. The van der Waals surface area contributed by atoms with Gasteiger partial charge in [-0.25, -0.2) is 10.2 Å². The highest BCUT2D eigenvalue weighted by molar-refractivity contribution is 5.93. The molecule has 0 aliphatic heterocycles. The normalized spacial score (nSPS) is 10.8. The summed E-state index contributed by atoms with van der Waals surface area (Å²) in [6.07, 6.45) is 1.14. The van der Waals surface area contributed by atoms with Crippen LogP contribution in [0.25, 0.3) is 11.3 Å². The quantitative estimate of drug-likeness (QED) is 0.269. The zero-order chi connectivity index (χ0) is 22.4. The Hall–Kier alpha value is -4.27. The van der Waals surface area contributed by atoms with Crippen molar-refractivity contribution in [2.75, 3.05) is 7.11 Å². The number of nitro groups is 1. The third-order valence-corrected chi connectivity index (χ3v) is 4.55. The van der Waals surface area contributed by atoms with Gasteiger partial charge in [-0.05, 0) is 30.7 Å². The molecule has 31 heavy (non-hydrogen) atoms. The number of nitrogens with zero attached hydrogens (tertiary/aromatic N) is 2. The molecule has 0 radical (unpaired) electrons. The summed E-state index contributed by atoms with van der Waals surface area (Å²) in [5, 5.41) is 14.9. The number of furan rings is 1. The Labute approximate surface area is 177 Å². The van der Waals surface area contributed by atoms with Gasteiger partial charge in [-0.2, -0.15) is 5.10 Å². The highest BCUT2D eigenvalue weighted by Gasteiger charge is 2.16. The summed E-state index contributed by atoms with van der Waals surface area (Å²) >= 11 is 0. The molecule has 158 valence electrons.